The standard InChI is InChI=1S/C8H11NO/c1-2-8-6-4-9-3-5(6)7(1)10-8/h3,5-8H,1-2,4H2/t5-,6+,7-,8+/m1/s1. The van der Waals surface area contributed by atoms with Crippen LogP contribution in [0.1, 0.15) is 12.8 Å². The van der Waals surface area contributed by atoms with Crippen molar-refractivity contribution in [2.75, 3.05) is 6.54 Å². The van der Waals surface area contributed by atoms with Gasteiger partial charge in [0.15, 0.2) is 0 Å². The van der Waals surface area contributed by atoms with Crippen molar-refractivity contribution in [1.82, 2.24) is 0 Å². The van der Waals surface area contributed by atoms with E-state index < -0.39 is 0 Å². The minimum atomic E-state index is 0.543. The predicted octanol–water partition coefficient (Wildman–Crippen LogP) is 0.864. The fourth-order valence-electron chi connectivity index (χ4n) is 2.56. The van der Waals surface area contributed by atoms with E-state index in [1.54, 1.807) is 0 Å². The molecule has 3 rings (SSSR count). The van der Waals surface area contributed by atoms with Gasteiger partial charge in [-0.2, -0.15) is 0 Å². The van der Waals surface area contributed by atoms with Crippen molar-refractivity contribution in [3.8, 4) is 0 Å². The Balaban J connectivity index is 1.97. The topological polar surface area (TPSA) is 21.6 Å². The number of nitrogens with zero attached hydrogens (tertiary/aromatic N) is 1. The summed E-state index contributed by atoms with van der Waals surface area (Å²) in [5, 5.41) is 0. The average molecular weight is 137 g/mol. The Kier molecular flexibility index (Phi) is 0.857. The molecule has 0 spiro atoms. The Morgan fingerprint density at radius 1 is 1.30 bits per heavy atom. The average Bonchev–Trinajstić information content (AvgIpc) is 2.60. The van der Waals surface area contributed by atoms with E-state index in [1.165, 1.54) is 12.8 Å². The molecule has 3 aliphatic heterocycles. The Hall–Kier alpha value is -0.370. The molecule has 54 valence electrons. The molecule has 10 heavy (non-hydrogen) atoms. The van der Waals surface area contributed by atoms with Gasteiger partial charge in [-0.25, -0.2) is 0 Å². The summed E-state index contributed by atoms with van der Waals surface area (Å²) in [6, 6.07) is 0. The van der Waals surface area contributed by atoms with Crippen molar-refractivity contribution in [2.24, 2.45) is 16.8 Å². The van der Waals surface area contributed by atoms with E-state index in [9.17, 15) is 0 Å². The molecule has 0 N–H and O–H groups in total. The molecular formula is C8H11NO. The zero-order valence-electron chi connectivity index (χ0n) is 5.86. The molecule has 3 heterocycles. The molecule has 0 aromatic heterocycles. The quantitative estimate of drug-likeness (QED) is 0.485. The Bertz CT molecular complexity index is 190. The van der Waals surface area contributed by atoms with Gasteiger partial charge in [-0.1, -0.05) is 0 Å². The van der Waals surface area contributed by atoms with Gasteiger partial charge >= 0.3 is 0 Å². The van der Waals surface area contributed by atoms with Crippen LogP contribution in [-0.4, -0.2) is 25.0 Å². The van der Waals surface area contributed by atoms with Crippen molar-refractivity contribution in [3.05, 3.63) is 0 Å². The molecule has 2 bridgehead atoms. The van der Waals surface area contributed by atoms with E-state index in [2.05, 4.69) is 11.2 Å². The van der Waals surface area contributed by atoms with Gasteiger partial charge < -0.3 is 4.74 Å². The smallest absolute Gasteiger partial charge is 0.0661 e. The van der Waals surface area contributed by atoms with E-state index >= 15 is 0 Å². The number of rotatable bonds is 0. The third-order valence-corrected chi connectivity index (χ3v) is 3.08. The largest absolute Gasteiger partial charge is 0.374 e. The summed E-state index contributed by atoms with van der Waals surface area (Å²) in [5.41, 5.74) is 0. The second kappa shape index (κ2) is 1.62. The van der Waals surface area contributed by atoms with Crippen LogP contribution in [0.15, 0.2) is 4.99 Å². The highest BCUT2D eigenvalue weighted by molar-refractivity contribution is 5.65. The predicted molar refractivity (Wildman–Crippen MR) is 38.2 cm³/mol. The third kappa shape index (κ3) is 0.473. The summed E-state index contributed by atoms with van der Waals surface area (Å²) in [6.45, 7) is 1.03. The molecule has 2 fully saturated rings. The summed E-state index contributed by atoms with van der Waals surface area (Å²) < 4.78 is 5.75. The van der Waals surface area contributed by atoms with Gasteiger partial charge in [0.05, 0.1) is 12.2 Å². The zero-order valence-corrected chi connectivity index (χ0v) is 5.86. The van der Waals surface area contributed by atoms with Gasteiger partial charge in [-0.15, -0.1) is 0 Å². The summed E-state index contributed by atoms with van der Waals surface area (Å²) in [6.07, 6.45) is 5.79. The van der Waals surface area contributed by atoms with E-state index in [0.717, 1.165) is 12.5 Å². The van der Waals surface area contributed by atoms with Gasteiger partial charge in [-0.3, -0.25) is 4.99 Å². The fraction of sp³-hybridized carbons (Fsp3) is 0.875. The maximum absolute atomic E-state index is 5.75. The highest BCUT2D eigenvalue weighted by Gasteiger charge is 2.49. The van der Waals surface area contributed by atoms with Crippen molar-refractivity contribution in [3.63, 3.8) is 0 Å². The fourth-order valence-corrected chi connectivity index (χ4v) is 2.56. The number of aliphatic imine (C=N–C) groups is 1. The van der Waals surface area contributed by atoms with Crippen LogP contribution in [0.25, 0.3) is 0 Å². The van der Waals surface area contributed by atoms with Crippen LogP contribution in [0.5, 0.6) is 0 Å². The molecule has 2 saturated heterocycles. The Labute approximate surface area is 60.3 Å². The normalized spacial score (nSPS) is 56.0. The first-order valence-corrected chi connectivity index (χ1v) is 4.10. The summed E-state index contributed by atoms with van der Waals surface area (Å²) in [7, 11) is 0. The molecule has 0 aromatic rings. The molecule has 0 unspecified atom stereocenters. The zero-order chi connectivity index (χ0) is 6.55. The summed E-state index contributed by atoms with van der Waals surface area (Å²) >= 11 is 0. The molecule has 0 aliphatic carbocycles. The maximum atomic E-state index is 5.75. The second-order valence-corrected chi connectivity index (χ2v) is 3.55. The van der Waals surface area contributed by atoms with Crippen LogP contribution >= 0.6 is 0 Å². The van der Waals surface area contributed by atoms with E-state index in [-0.39, 0.29) is 0 Å². The molecule has 0 aromatic carbocycles. The highest BCUT2D eigenvalue weighted by Crippen LogP contribution is 2.44. The Morgan fingerprint density at radius 3 is 3.10 bits per heavy atom. The lowest BCUT2D eigenvalue weighted by atomic mass is 9.82. The van der Waals surface area contributed by atoms with Gasteiger partial charge in [0, 0.05) is 24.6 Å². The monoisotopic (exact) mass is 137 g/mol. The minimum Gasteiger partial charge on any atom is -0.374 e. The van der Waals surface area contributed by atoms with E-state index in [4.69, 9.17) is 4.74 Å². The van der Waals surface area contributed by atoms with Crippen LogP contribution < -0.4 is 0 Å². The molecule has 3 aliphatic rings. The number of fused-ring (bicyclic) bond motifs is 5. The molecular weight excluding hydrogens is 126 g/mol. The first-order valence-electron chi connectivity index (χ1n) is 4.10. The number of ether oxygens (including phenoxy) is 1. The van der Waals surface area contributed by atoms with Crippen molar-refractivity contribution < 1.29 is 4.74 Å². The number of hydrogen-bond acceptors (Lipinski definition) is 2. The highest BCUT2D eigenvalue weighted by atomic mass is 16.5. The van der Waals surface area contributed by atoms with Crippen LogP contribution in [0.3, 0.4) is 0 Å². The SMILES string of the molecule is C1=NC[C@H]2[C@@H]1[C@H]1CC[C@@H]2O1. The molecule has 0 amide bonds. The lowest BCUT2D eigenvalue weighted by Gasteiger charge is -2.17. The summed E-state index contributed by atoms with van der Waals surface area (Å²) in [5.74, 6) is 1.46. The van der Waals surface area contributed by atoms with Crippen molar-refractivity contribution >= 4 is 6.21 Å². The van der Waals surface area contributed by atoms with E-state index in [1.807, 2.05) is 0 Å². The van der Waals surface area contributed by atoms with E-state index in [0.29, 0.717) is 18.1 Å². The second-order valence-electron chi connectivity index (χ2n) is 3.55. The molecule has 4 atom stereocenters. The van der Waals surface area contributed by atoms with Crippen LogP contribution in [0.2, 0.25) is 0 Å². The van der Waals surface area contributed by atoms with Gasteiger partial charge in [-0.05, 0) is 12.8 Å². The molecule has 0 saturated carbocycles. The molecule has 2 heteroatoms. The lowest BCUT2D eigenvalue weighted by Crippen LogP contribution is -2.25. The lowest BCUT2D eigenvalue weighted by molar-refractivity contribution is 0.0906. The minimum absolute atomic E-state index is 0.543. The molecule has 2 nitrogen and oxygen atoms in total. The first kappa shape index (κ1) is 5.30. The van der Waals surface area contributed by atoms with Crippen LogP contribution in [-0.2, 0) is 4.74 Å². The van der Waals surface area contributed by atoms with Crippen molar-refractivity contribution in [1.29, 1.82) is 0 Å². The van der Waals surface area contributed by atoms with Gasteiger partial charge in [0.2, 0.25) is 0 Å². The van der Waals surface area contributed by atoms with Crippen LogP contribution in [0, 0.1) is 11.8 Å². The summed E-state index contributed by atoms with van der Waals surface area (Å²) in [4.78, 5) is 4.30. The third-order valence-electron chi connectivity index (χ3n) is 3.08. The first-order chi connectivity index (χ1) is 4.95. The maximum Gasteiger partial charge on any atom is 0.0661 e. The van der Waals surface area contributed by atoms with Crippen LogP contribution in [0.4, 0.5) is 0 Å². The van der Waals surface area contributed by atoms with Gasteiger partial charge in [0.25, 0.3) is 0 Å². The Morgan fingerprint density at radius 2 is 2.20 bits per heavy atom. The van der Waals surface area contributed by atoms with Gasteiger partial charge in [0.1, 0.15) is 0 Å². The number of hydrogen-bond donors (Lipinski definition) is 0. The van der Waals surface area contributed by atoms with Crippen molar-refractivity contribution in [2.45, 2.75) is 25.0 Å². The molecule has 0 radical (unpaired) electrons.